The van der Waals surface area contributed by atoms with Crippen molar-refractivity contribution < 1.29 is 9.59 Å². The van der Waals surface area contributed by atoms with Crippen LogP contribution < -0.4 is 10.6 Å². The average molecular weight is 430 g/mol. The van der Waals surface area contributed by atoms with Crippen molar-refractivity contribution in [2.75, 3.05) is 5.32 Å². The Balaban J connectivity index is 1.69. The standard InChI is InChI=1S/C20H20ClN5O2S/c1-12(2)24-19(28)16-8-7-15(21)9-17(16)25-18(27)14-5-3-13(4-6-14)10-29-20-22-11-23-26-20/h3-9,11-12H,10H2,1-2H3,(H,24,28)(H,25,27)(H,22,23,26). The number of carbonyl (C=O) groups is 2. The first-order valence-corrected chi connectivity index (χ1v) is 10.3. The van der Waals surface area contributed by atoms with Crippen LogP contribution in [-0.4, -0.2) is 33.0 Å². The van der Waals surface area contributed by atoms with Crippen LogP contribution in [0.1, 0.15) is 40.1 Å². The van der Waals surface area contributed by atoms with E-state index in [2.05, 4.69) is 25.8 Å². The van der Waals surface area contributed by atoms with Crippen molar-refractivity contribution in [3.63, 3.8) is 0 Å². The van der Waals surface area contributed by atoms with Crippen LogP contribution in [0, 0.1) is 0 Å². The lowest BCUT2D eigenvalue weighted by Gasteiger charge is -2.14. The van der Waals surface area contributed by atoms with Gasteiger partial charge in [-0.2, -0.15) is 5.10 Å². The number of benzene rings is 2. The Morgan fingerprint density at radius 2 is 1.90 bits per heavy atom. The first kappa shape index (κ1) is 20.9. The molecule has 9 heteroatoms. The predicted octanol–water partition coefficient (Wildman–Crippen LogP) is 4.14. The molecule has 1 aromatic heterocycles. The molecule has 0 aliphatic heterocycles. The molecule has 0 aliphatic rings. The number of nitrogens with zero attached hydrogens (tertiary/aromatic N) is 2. The van der Waals surface area contributed by atoms with Gasteiger partial charge < -0.3 is 10.6 Å². The highest BCUT2D eigenvalue weighted by Gasteiger charge is 2.16. The third-order valence-corrected chi connectivity index (χ3v) is 5.06. The highest BCUT2D eigenvalue weighted by molar-refractivity contribution is 7.98. The van der Waals surface area contributed by atoms with E-state index in [0.29, 0.717) is 27.6 Å². The zero-order valence-corrected chi connectivity index (χ0v) is 17.5. The van der Waals surface area contributed by atoms with Gasteiger partial charge in [-0.05, 0) is 49.7 Å². The van der Waals surface area contributed by atoms with E-state index in [1.807, 2.05) is 26.0 Å². The number of amides is 2. The topological polar surface area (TPSA) is 99.8 Å². The summed E-state index contributed by atoms with van der Waals surface area (Å²) in [5, 5.41) is 13.4. The molecule has 150 valence electrons. The summed E-state index contributed by atoms with van der Waals surface area (Å²) in [5.74, 6) is 0.109. The number of aromatic amines is 1. The fourth-order valence-electron chi connectivity index (χ4n) is 2.52. The normalized spacial score (nSPS) is 10.8. The largest absolute Gasteiger partial charge is 0.350 e. The molecule has 0 spiro atoms. The van der Waals surface area contributed by atoms with Gasteiger partial charge >= 0.3 is 0 Å². The smallest absolute Gasteiger partial charge is 0.255 e. The van der Waals surface area contributed by atoms with E-state index in [1.165, 1.54) is 18.1 Å². The second-order valence-electron chi connectivity index (χ2n) is 6.55. The summed E-state index contributed by atoms with van der Waals surface area (Å²) in [7, 11) is 0. The average Bonchev–Trinajstić information content (AvgIpc) is 3.20. The van der Waals surface area contributed by atoms with Crippen molar-refractivity contribution in [3.05, 3.63) is 70.5 Å². The molecule has 0 bridgehead atoms. The molecule has 7 nitrogen and oxygen atoms in total. The molecule has 0 unspecified atom stereocenters. The molecule has 0 aliphatic carbocycles. The summed E-state index contributed by atoms with van der Waals surface area (Å²) in [6.07, 6.45) is 1.46. The summed E-state index contributed by atoms with van der Waals surface area (Å²) in [4.78, 5) is 29.1. The highest BCUT2D eigenvalue weighted by Crippen LogP contribution is 2.23. The number of halogens is 1. The Kier molecular flexibility index (Phi) is 6.90. The number of hydrogen-bond acceptors (Lipinski definition) is 5. The number of H-pyrrole nitrogens is 1. The number of aromatic nitrogens is 3. The predicted molar refractivity (Wildman–Crippen MR) is 114 cm³/mol. The molecule has 1 heterocycles. The lowest BCUT2D eigenvalue weighted by molar-refractivity contribution is 0.0944. The fraction of sp³-hybridized carbons (Fsp3) is 0.200. The summed E-state index contributed by atoms with van der Waals surface area (Å²) in [5.41, 5.74) is 2.25. The molecule has 2 amide bonds. The van der Waals surface area contributed by atoms with Gasteiger partial charge in [0.1, 0.15) is 6.33 Å². The third kappa shape index (κ3) is 5.82. The second kappa shape index (κ2) is 9.58. The monoisotopic (exact) mass is 429 g/mol. The van der Waals surface area contributed by atoms with Crippen molar-refractivity contribution in [3.8, 4) is 0 Å². The van der Waals surface area contributed by atoms with Crippen LogP contribution in [-0.2, 0) is 5.75 Å². The minimum Gasteiger partial charge on any atom is -0.350 e. The summed E-state index contributed by atoms with van der Waals surface area (Å²) in [6, 6.07) is 12.0. The van der Waals surface area contributed by atoms with Gasteiger partial charge in [0.2, 0.25) is 0 Å². The molecule has 3 N–H and O–H groups in total. The molecule has 3 rings (SSSR count). The summed E-state index contributed by atoms with van der Waals surface area (Å²) >= 11 is 7.58. The number of anilines is 1. The van der Waals surface area contributed by atoms with E-state index in [1.54, 1.807) is 30.3 Å². The molecule has 0 radical (unpaired) electrons. The lowest BCUT2D eigenvalue weighted by Crippen LogP contribution is -2.31. The molecule has 29 heavy (non-hydrogen) atoms. The van der Waals surface area contributed by atoms with E-state index < -0.39 is 0 Å². The highest BCUT2D eigenvalue weighted by atomic mass is 35.5. The van der Waals surface area contributed by atoms with Gasteiger partial charge in [-0.25, -0.2) is 4.98 Å². The van der Waals surface area contributed by atoms with Crippen LogP contribution in [0.5, 0.6) is 0 Å². The van der Waals surface area contributed by atoms with Crippen LogP contribution >= 0.6 is 23.4 Å². The van der Waals surface area contributed by atoms with Crippen molar-refractivity contribution >= 4 is 40.9 Å². The zero-order chi connectivity index (χ0) is 20.8. The number of thioether (sulfide) groups is 1. The van der Waals surface area contributed by atoms with Gasteiger partial charge in [0.25, 0.3) is 11.8 Å². The quantitative estimate of drug-likeness (QED) is 0.490. The summed E-state index contributed by atoms with van der Waals surface area (Å²) < 4.78 is 0. The van der Waals surface area contributed by atoms with Crippen molar-refractivity contribution in [1.82, 2.24) is 20.5 Å². The van der Waals surface area contributed by atoms with Crippen molar-refractivity contribution in [2.24, 2.45) is 0 Å². The van der Waals surface area contributed by atoms with Crippen LogP contribution in [0.4, 0.5) is 5.69 Å². The Bertz CT molecular complexity index is 991. The van der Waals surface area contributed by atoms with Crippen LogP contribution in [0.2, 0.25) is 5.02 Å². The van der Waals surface area contributed by atoms with E-state index >= 15 is 0 Å². The molecule has 2 aromatic carbocycles. The molecule has 3 aromatic rings. The SMILES string of the molecule is CC(C)NC(=O)c1ccc(Cl)cc1NC(=O)c1ccc(CSc2ncn[nH]2)cc1. The van der Waals surface area contributed by atoms with Crippen LogP contribution in [0.3, 0.4) is 0 Å². The first-order valence-electron chi connectivity index (χ1n) is 8.91. The van der Waals surface area contributed by atoms with E-state index in [9.17, 15) is 9.59 Å². The minimum absolute atomic E-state index is 0.0240. The fourth-order valence-corrected chi connectivity index (χ4v) is 3.43. The third-order valence-electron chi connectivity index (χ3n) is 3.88. The maximum absolute atomic E-state index is 12.7. The number of carbonyl (C=O) groups excluding carboxylic acids is 2. The van der Waals surface area contributed by atoms with E-state index in [-0.39, 0.29) is 17.9 Å². The van der Waals surface area contributed by atoms with Crippen LogP contribution in [0.15, 0.2) is 53.9 Å². The molecule has 0 atom stereocenters. The number of rotatable bonds is 7. The Hall–Kier alpha value is -2.84. The van der Waals surface area contributed by atoms with Gasteiger partial charge in [0, 0.05) is 22.4 Å². The number of nitrogens with one attached hydrogen (secondary N) is 3. The van der Waals surface area contributed by atoms with Crippen LogP contribution in [0.25, 0.3) is 0 Å². The lowest BCUT2D eigenvalue weighted by atomic mass is 10.1. The van der Waals surface area contributed by atoms with Gasteiger partial charge in [-0.3, -0.25) is 14.7 Å². The van der Waals surface area contributed by atoms with Gasteiger partial charge in [-0.15, -0.1) is 0 Å². The maximum Gasteiger partial charge on any atom is 0.255 e. The molecule has 0 saturated heterocycles. The molecular weight excluding hydrogens is 410 g/mol. The Morgan fingerprint density at radius 1 is 1.14 bits per heavy atom. The van der Waals surface area contributed by atoms with E-state index in [0.717, 1.165) is 10.7 Å². The first-order chi connectivity index (χ1) is 13.9. The van der Waals surface area contributed by atoms with Gasteiger partial charge in [0.05, 0.1) is 11.3 Å². The summed E-state index contributed by atoms with van der Waals surface area (Å²) in [6.45, 7) is 3.74. The minimum atomic E-state index is -0.319. The Morgan fingerprint density at radius 3 is 2.55 bits per heavy atom. The second-order valence-corrected chi connectivity index (χ2v) is 7.95. The van der Waals surface area contributed by atoms with Crippen molar-refractivity contribution in [2.45, 2.75) is 30.8 Å². The van der Waals surface area contributed by atoms with Gasteiger partial charge in [-0.1, -0.05) is 35.5 Å². The Labute approximate surface area is 177 Å². The van der Waals surface area contributed by atoms with Gasteiger partial charge in [0.15, 0.2) is 5.16 Å². The van der Waals surface area contributed by atoms with E-state index in [4.69, 9.17) is 11.6 Å². The van der Waals surface area contributed by atoms with Crippen molar-refractivity contribution in [1.29, 1.82) is 0 Å². The zero-order valence-electron chi connectivity index (χ0n) is 15.9. The maximum atomic E-state index is 12.7. The molecule has 0 saturated carbocycles. The molecular formula is C20H20ClN5O2S. The number of hydrogen-bond donors (Lipinski definition) is 3. The molecule has 0 fully saturated rings.